The van der Waals surface area contributed by atoms with Crippen molar-refractivity contribution in [3.63, 3.8) is 0 Å². The lowest BCUT2D eigenvalue weighted by atomic mass is 10.00. The zero-order chi connectivity index (χ0) is 19.6. The second-order valence-electron chi connectivity index (χ2n) is 6.26. The number of hydrogen-bond acceptors (Lipinski definition) is 2. The number of nitrogens with one attached hydrogen (secondary N) is 3. The number of rotatable bonds is 5. The minimum atomic E-state index is -4.59. The zero-order valence-electron chi connectivity index (χ0n) is 14.1. The molecule has 2 heterocycles. The van der Waals surface area contributed by atoms with Crippen molar-refractivity contribution in [2.24, 2.45) is 0 Å². The van der Waals surface area contributed by atoms with Crippen LogP contribution in [-0.4, -0.2) is 29.4 Å². The third kappa shape index (κ3) is 4.29. The maximum absolute atomic E-state index is 13.3. The zero-order valence-corrected chi connectivity index (χ0v) is 14.1. The number of amides is 2. The average molecular weight is 383 g/mol. The first-order chi connectivity index (χ1) is 12.8. The third-order valence-electron chi connectivity index (χ3n) is 4.41. The summed E-state index contributed by atoms with van der Waals surface area (Å²) < 4.78 is 53.0. The second-order valence-corrected chi connectivity index (χ2v) is 6.26. The molecule has 1 aromatic heterocycles. The molecule has 0 aliphatic carbocycles. The largest absolute Gasteiger partial charge is 0.418 e. The summed E-state index contributed by atoms with van der Waals surface area (Å²) in [5.41, 5.74) is -0.362. The summed E-state index contributed by atoms with van der Waals surface area (Å²) in [6, 6.07) is 4.39. The van der Waals surface area contributed by atoms with Gasteiger partial charge >= 0.3 is 6.18 Å². The lowest BCUT2D eigenvalue weighted by molar-refractivity contribution is -0.138. The fourth-order valence-corrected chi connectivity index (χ4v) is 3.08. The molecule has 9 heteroatoms. The molecule has 1 atom stereocenters. The Morgan fingerprint density at radius 1 is 1.22 bits per heavy atom. The summed E-state index contributed by atoms with van der Waals surface area (Å²) in [7, 11) is 0. The minimum absolute atomic E-state index is 0.0693. The summed E-state index contributed by atoms with van der Waals surface area (Å²) in [5.74, 6) is -1.30. The van der Waals surface area contributed by atoms with Crippen LogP contribution in [0.4, 0.5) is 17.6 Å². The number of aromatic nitrogens is 1. The van der Waals surface area contributed by atoms with Gasteiger partial charge in [0.1, 0.15) is 11.9 Å². The van der Waals surface area contributed by atoms with Gasteiger partial charge in [0, 0.05) is 24.9 Å². The van der Waals surface area contributed by atoms with E-state index in [9.17, 15) is 27.2 Å². The number of halogens is 4. The van der Waals surface area contributed by atoms with Gasteiger partial charge in [0.25, 0.3) is 0 Å². The van der Waals surface area contributed by atoms with E-state index in [0.29, 0.717) is 18.5 Å². The molecule has 1 fully saturated rings. The van der Waals surface area contributed by atoms with Crippen molar-refractivity contribution >= 4 is 11.8 Å². The van der Waals surface area contributed by atoms with Gasteiger partial charge in [-0.15, -0.1) is 0 Å². The first kappa shape index (κ1) is 18.9. The van der Waals surface area contributed by atoms with E-state index in [1.807, 2.05) is 0 Å². The Balaban J connectivity index is 1.80. The van der Waals surface area contributed by atoms with Crippen LogP contribution < -0.4 is 10.6 Å². The predicted molar refractivity (Wildman–Crippen MR) is 89.1 cm³/mol. The maximum Gasteiger partial charge on any atom is 0.418 e. The van der Waals surface area contributed by atoms with E-state index in [1.165, 1.54) is 12.1 Å². The van der Waals surface area contributed by atoms with Crippen LogP contribution in [0.3, 0.4) is 0 Å². The van der Waals surface area contributed by atoms with Crippen LogP contribution in [0.5, 0.6) is 0 Å². The van der Waals surface area contributed by atoms with Crippen LogP contribution in [0.1, 0.15) is 24.0 Å². The Bertz CT molecular complexity index is 843. The van der Waals surface area contributed by atoms with E-state index in [1.54, 1.807) is 0 Å². The van der Waals surface area contributed by atoms with E-state index in [-0.39, 0.29) is 30.0 Å². The topological polar surface area (TPSA) is 74.0 Å². The third-order valence-corrected chi connectivity index (χ3v) is 4.41. The highest BCUT2D eigenvalue weighted by Crippen LogP contribution is 2.37. The number of benzene rings is 1. The molecule has 144 valence electrons. The van der Waals surface area contributed by atoms with Crippen LogP contribution >= 0.6 is 0 Å². The Labute approximate surface area is 152 Å². The van der Waals surface area contributed by atoms with Gasteiger partial charge in [-0.25, -0.2) is 4.39 Å². The fraction of sp³-hybridized carbons (Fsp3) is 0.333. The van der Waals surface area contributed by atoms with Crippen LogP contribution in [0, 0.1) is 5.82 Å². The molecule has 5 nitrogen and oxygen atoms in total. The van der Waals surface area contributed by atoms with E-state index in [2.05, 4.69) is 15.6 Å². The lowest BCUT2D eigenvalue weighted by Crippen LogP contribution is -2.40. The maximum atomic E-state index is 13.3. The van der Waals surface area contributed by atoms with Crippen LogP contribution in [0.15, 0.2) is 30.5 Å². The summed E-state index contributed by atoms with van der Waals surface area (Å²) in [6.45, 7) is 0.453. The van der Waals surface area contributed by atoms with E-state index < -0.39 is 29.5 Å². The highest BCUT2D eigenvalue weighted by molar-refractivity contribution is 5.89. The second kappa shape index (κ2) is 7.42. The van der Waals surface area contributed by atoms with Crippen molar-refractivity contribution in [3.8, 4) is 11.3 Å². The molecule has 0 spiro atoms. The number of carbonyl (C=O) groups is 2. The van der Waals surface area contributed by atoms with Gasteiger partial charge in [-0.1, -0.05) is 0 Å². The van der Waals surface area contributed by atoms with Gasteiger partial charge < -0.3 is 15.6 Å². The molecule has 1 unspecified atom stereocenters. The van der Waals surface area contributed by atoms with Gasteiger partial charge in [-0.2, -0.15) is 13.2 Å². The highest BCUT2D eigenvalue weighted by Gasteiger charge is 2.36. The van der Waals surface area contributed by atoms with Crippen molar-refractivity contribution in [1.29, 1.82) is 0 Å². The number of H-pyrrole nitrogens is 1. The SMILES string of the molecule is O=C(CCc1c(C(F)(F)F)c[nH]c1-c1ccc(F)cc1)NC1CCNC1=O. The Hall–Kier alpha value is -2.84. The molecule has 2 aromatic rings. The normalized spacial score (nSPS) is 17.0. The molecule has 1 aliphatic heterocycles. The van der Waals surface area contributed by atoms with Gasteiger partial charge in [0.15, 0.2) is 0 Å². The molecule has 2 amide bonds. The molecular formula is C18H17F4N3O2. The smallest absolute Gasteiger partial charge is 0.360 e. The van der Waals surface area contributed by atoms with Crippen molar-refractivity contribution in [1.82, 2.24) is 15.6 Å². The predicted octanol–water partition coefficient (Wildman–Crippen LogP) is 2.78. The lowest BCUT2D eigenvalue weighted by Gasteiger charge is -2.12. The van der Waals surface area contributed by atoms with Crippen molar-refractivity contribution in [2.45, 2.75) is 31.5 Å². The molecule has 1 aromatic carbocycles. The summed E-state index contributed by atoms with van der Waals surface area (Å²) in [5, 5.41) is 5.09. The quantitative estimate of drug-likeness (QED) is 0.695. The Kier molecular flexibility index (Phi) is 5.20. The van der Waals surface area contributed by atoms with E-state index >= 15 is 0 Å². The number of alkyl halides is 3. The fourth-order valence-electron chi connectivity index (χ4n) is 3.08. The standard InChI is InChI=1S/C18H17F4N3O2/c19-11-3-1-10(2-4-11)16-12(13(9-24-16)18(20,21)22)5-6-15(26)25-14-7-8-23-17(14)27/h1-4,9,14,24H,5-8H2,(H,23,27)(H,25,26). The first-order valence-corrected chi connectivity index (χ1v) is 8.36. The van der Waals surface area contributed by atoms with Crippen LogP contribution in [0.2, 0.25) is 0 Å². The van der Waals surface area contributed by atoms with Crippen molar-refractivity contribution in [3.05, 3.63) is 47.4 Å². The van der Waals surface area contributed by atoms with E-state index in [4.69, 9.17) is 0 Å². The van der Waals surface area contributed by atoms with Crippen molar-refractivity contribution < 1.29 is 27.2 Å². The molecular weight excluding hydrogens is 366 g/mol. The average Bonchev–Trinajstić information content (AvgIpc) is 3.20. The van der Waals surface area contributed by atoms with Crippen LogP contribution in [-0.2, 0) is 22.2 Å². The first-order valence-electron chi connectivity index (χ1n) is 8.36. The molecule has 0 saturated carbocycles. The monoisotopic (exact) mass is 383 g/mol. The number of hydrogen-bond donors (Lipinski definition) is 3. The number of carbonyl (C=O) groups excluding carboxylic acids is 2. The minimum Gasteiger partial charge on any atom is -0.360 e. The highest BCUT2D eigenvalue weighted by atomic mass is 19.4. The molecule has 1 aliphatic rings. The van der Waals surface area contributed by atoms with Crippen molar-refractivity contribution in [2.75, 3.05) is 6.54 Å². The molecule has 27 heavy (non-hydrogen) atoms. The molecule has 3 N–H and O–H groups in total. The van der Waals surface area contributed by atoms with Gasteiger partial charge in [0.05, 0.1) is 5.56 Å². The summed E-state index contributed by atoms with van der Waals surface area (Å²) in [6.07, 6.45) is -3.68. The van der Waals surface area contributed by atoms with E-state index in [0.717, 1.165) is 18.3 Å². The molecule has 0 bridgehead atoms. The Morgan fingerprint density at radius 3 is 2.52 bits per heavy atom. The summed E-state index contributed by atoms with van der Waals surface area (Å²) in [4.78, 5) is 26.1. The molecule has 0 radical (unpaired) electrons. The Morgan fingerprint density at radius 2 is 1.93 bits per heavy atom. The van der Waals surface area contributed by atoms with Gasteiger partial charge in [-0.05, 0) is 48.2 Å². The number of aromatic amines is 1. The molecule has 1 saturated heterocycles. The summed E-state index contributed by atoms with van der Waals surface area (Å²) >= 11 is 0. The molecule has 3 rings (SSSR count). The van der Waals surface area contributed by atoms with Gasteiger partial charge in [-0.3, -0.25) is 9.59 Å². The van der Waals surface area contributed by atoms with Crippen LogP contribution in [0.25, 0.3) is 11.3 Å². The van der Waals surface area contributed by atoms with Gasteiger partial charge in [0.2, 0.25) is 11.8 Å².